The van der Waals surface area contributed by atoms with Crippen molar-refractivity contribution in [2.24, 2.45) is 0 Å². The number of carbonyl (C=O) groups excluding carboxylic acids is 3. The smallest absolute Gasteiger partial charge is 0.340 e. The Balaban J connectivity index is 2.64. The molecule has 1 amide bonds. The van der Waals surface area contributed by atoms with Gasteiger partial charge in [-0.2, -0.15) is 0 Å². The fourth-order valence-electron chi connectivity index (χ4n) is 2.62. The monoisotopic (exact) mass is 360 g/mol. The molecule has 0 saturated heterocycles. The van der Waals surface area contributed by atoms with E-state index in [1.165, 1.54) is 18.2 Å². The van der Waals surface area contributed by atoms with Crippen molar-refractivity contribution in [3.63, 3.8) is 0 Å². The van der Waals surface area contributed by atoms with Crippen molar-refractivity contribution in [1.82, 2.24) is 10.3 Å². The lowest BCUT2D eigenvalue weighted by Crippen LogP contribution is -2.32. The molecule has 0 radical (unpaired) electrons. The summed E-state index contributed by atoms with van der Waals surface area (Å²) >= 11 is 0. The van der Waals surface area contributed by atoms with Gasteiger partial charge in [-0.15, -0.1) is 0 Å². The van der Waals surface area contributed by atoms with Gasteiger partial charge in [-0.3, -0.25) is 9.59 Å². The molecule has 2 rings (SSSR count). The number of Topliss-reactive ketones (excluding diaryl/α,β-unsaturated/α-hetero) is 1. The van der Waals surface area contributed by atoms with Gasteiger partial charge in [0, 0.05) is 23.4 Å². The molecule has 0 atom stereocenters. The first-order valence-corrected chi connectivity index (χ1v) is 8.39. The highest BCUT2D eigenvalue weighted by Gasteiger charge is 2.30. The molecule has 7 heteroatoms. The van der Waals surface area contributed by atoms with E-state index in [-0.39, 0.29) is 29.0 Å². The second-order valence-corrected chi connectivity index (χ2v) is 5.66. The van der Waals surface area contributed by atoms with Crippen molar-refractivity contribution in [1.29, 1.82) is 0 Å². The first kappa shape index (κ1) is 19.4. The van der Waals surface area contributed by atoms with Crippen LogP contribution in [0.3, 0.4) is 0 Å². The molecule has 0 spiro atoms. The Kier molecular flexibility index (Phi) is 6.27. The molecule has 0 bridgehead atoms. The van der Waals surface area contributed by atoms with E-state index in [1.807, 2.05) is 6.92 Å². The minimum absolute atomic E-state index is 0.0377. The molecule has 2 aromatic rings. The van der Waals surface area contributed by atoms with E-state index in [4.69, 9.17) is 4.74 Å². The number of aromatic nitrogens is 1. The minimum atomic E-state index is -0.865. The van der Waals surface area contributed by atoms with Gasteiger partial charge in [0.2, 0.25) is 0 Å². The van der Waals surface area contributed by atoms with Crippen LogP contribution in [-0.4, -0.2) is 35.8 Å². The van der Waals surface area contributed by atoms with Crippen molar-refractivity contribution in [3.8, 4) is 11.1 Å². The minimum Gasteiger partial charge on any atom is -0.462 e. The number of hydrogen-bond acceptors (Lipinski definition) is 4. The zero-order valence-corrected chi connectivity index (χ0v) is 14.9. The first-order valence-electron chi connectivity index (χ1n) is 8.39. The molecular formula is C19H21FN2O4. The van der Waals surface area contributed by atoms with Gasteiger partial charge in [-0.25, -0.2) is 9.18 Å². The van der Waals surface area contributed by atoms with E-state index < -0.39 is 23.5 Å². The second-order valence-electron chi connectivity index (χ2n) is 5.66. The van der Waals surface area contributed by atoms with Gasteiger partial charge in [-0.1, -0.05) is 25.1 Å². The SMILES string of the molecule is CCCNC(=O)C(=O)c1[nH]c(C)c(C(=O)OCC)c1-c1ccccc1F. The van der Waals surface area contributed by atoms with Crippen LogP contribution < -0.4 is 5.32 Å². The number of aryl methyl sites for hydroxylation is 1. The molecule has 1 aromatic heterocycles. The third-order valence-electron chi connectivity index (χ3n) is 3.78. The van der Waals surface area contributed by atoms with Gasteiger partial charge in [-0.05, 0) is 26.3 Å². The molecule has 26 heavy (non-hydrogen) atoms. The van der Waals surface area contributed by atoms with Gasteiger partial charge in [0.15, 0.2) is 0 Å². The number of amides is 1. The highest BCUT2D eigenvalue weighted by atomic mass is 19.1. The molecule has 0 aliphatic carbocycles. The number of halogens is 1. The molecule has 0 fully saturated rings. The summed E-state index contributed by atoms with van der Waals surface area (Å²) < 4.78 is 19.4. The van der Waals surface area contributed by atoms with Crippen molar-refractivity contribution in [2.45, 2.75) is 27.2 Å². The summed E-state index contributed by atoms with van der Waals surface area (Å²) in [5, 5.41) is 2.49. The van der Waals surface area contributed by atoms with Gasteiger partial charge in [0.25, 0.3) is 11.7 Å². The number of esters is 1. The maximum atomic E-state index is 14.4. The van der Waals surface area contributed by atoms with Crippen molar-refractivity contribution in [2.75, 3.05) is 13.2 Å². The number of ketones is 1. The maximum absolute atomic E-state index is 14.4. The molecule has 6 nitrogen and oxygen atoms in total. The van der Waals surface area contributed by atoms with E-state index >= 15 is 0 Å². The topological polar surface area (TPSA) is 88.3 Å². The molecule has 138 valence electrons. The fourth-order valence-corrected chi connectivity index (χ4v) is 2.62. The lowest BCUT2D eigenvalue weighted by Gasteiger charge is -2.09. The molecule has 0 aliphatic heterocycles. The standard InChI is InChI=1S/C19H21FN2O4/c1-4-10-21-18(24)17(23)16-15(12-8-6-7-9-13(12)20)14(11(3)22-16)19(25)26-5-2/h6-9,22H,4-5,10H2,1-3H3,(H,21,24). The number of nitrogens with one attached hydrogen (secondary N) is 2. The van der Waals surface area contributed by atoms with Crippen LogP contribution in [0.2, 0.25) is 0 Å². The summed E-state index contributed by atoms with van der Waals surface area (Å²) in [5.74, 6) is -2.98. The van der Waals surface area contributed by atoms with Crippen LogP contribution in [0.5, 0.6) is 0 Å². The Morgan fingerprint density at radius 2 is 1.88 bits per heavy atom. The second kappa shape index (κ2) is 8.42. The third kappa shape index (κ3) is 3.82. The lowest BCUT2D eigenvalue weighted by molar-refractivity contribution is -0.117. The zero-order chi connectivity index (χ0) is 19.3. The van der Waals surface area contributed by atoms with Crippen LogP contribution in [0.4, 0.5) is 4.39 Å². The summed E-state index contributed by atoms with van der Waals surface area (Å²) in [5.41, 5.74) is 0.323. The summed E-state index contributed by atoms with van der Waals surface area (Å²) in [7, 11) is 0. The summed E-state index contributed by atoms with van der Waals surface area (Å²) in [6, 6.07) is 5.75. The van der Waals surface area contributed by atoms with Crippen LogP contribution in [-0.2, 0) is 9.53 Å². The van der Waals surface area contributed by atoms with Crippen LogP contribution in [0.1, 0.15) is 46.8 Å². The number of H-pyrrole nitrogens is 1. The van der Waals surface area contributed by atoms with Gasteiger partial charge >= 0.3 is 5.97 Å². The van der Waals surface area contributed by atoms with Gasteiger partial charge in [0.1, 0.15) is 11.5 Å². The highest BCUT2D eigenvalue weighted by molar-refractivity contribution is 6.43. The molecular weight excluding hydrogens is 339 g/mol. The van der Waals surface area contributed by atoms with E-state index in [0.717, 1.165) is 0 Å². The Hall–Kier alpha value is -2.96. The first-order chi connectivity index (χ1) is 12.4. The molecule has 0 saturated carbocycles. The van der Waals surface area contributed by atoms with E-state index in [0.29, 0.717) is 18.7 Å². The van der Waals surface area contributed by atoms with Gasteiger partial charge < -0.3 is 15.0 Å². The number of ether oxygens (including phenoxy) is 1. The van der Waals surface area contributed by atoms with Crippen molar-refractivity contribution >= 4 is 17.7 Å². The summed E-state index contributed by atoms with van der Waals surface area (Å²) in [4.78, 5) is 39.8. The Morgan fingerprint density at radius 1 is 1.19 bits per heavy atom. The molecule has 0 unspecified atom stereocenters. The average Bonchev–Trinajstić information content (AvgIpc) is 2.96. The normalized spacial score (nSPS) is 10.5. The number of aromatic amines is 1. The fraction of sp³-hybridized carbons (Fsp3) is 0.316. The van der Waals surface area contributed by atoms with Crippen LogP contribution >= 0.6 is 0 Å². The summed E-state index contributed by atoms with van der Waals surface area (Å²) in [6.45, 7) is 5.53. The third-order valence-corrected chi connectivity index (χ3v) is 3.78. The highest BCUT2D eigenvalue weighted by Crippen LogP contribution is 2.33. The number of benzene rings is 1. The lowest BCUT2D eigenvalue weighted by atomic mass is 9.98. The Bertz CT molecular complexity index is 842. The zero-order valence-electron chi connectivity index (χ0n) is 14.9. The number of rotatable bonds is 7. The van der Waals surface area contributed by atoms with E-state index in [2.05, 4.69) is 10.3 Å². The van der Waals surface area contributed by atoms with E-state index in [9.17, 15) is 18.8 Å². The number of hydrogen-bond donors (Lipinski definition) is 2. The Morgan fingerprint density at radius 3 is 2.50 bits per heavy atom. The van der Waals surface area contributed by atoms with Crippen molar-refractivity contribution in [3.05, 3.63) is 47.0 Å². The van der Waals surface area contributed by atoms with Crippen LogP contribution in [0.25, 0.3) is 11.1 Å². The van der Waals surface area contributed by atoms with Crippen molar-refractivity contribution < 1.29 is 23.5 Å². The molecule has 0 aliphatic rings. The van der Waals surface area contributed by atoms with E-state index in [1.54, 1.807) is 19.9 Å². The average molecular weight is 360 g/mol. The predicted molar refractivity (Wildman–Crippen MR) is 94.5 cm³/mol. The molecule has 1 aromatic carbocycles. The van der Waals surface area contributed by atoms with Gasteiger partial charge in [0.05, 0.1) is 12.2 Å². The van der Waals surface area contributed by atoms with Crippen LogP contribution in [0.15, 0.2) is 24.3 Å². The largest absolute Gasteiger partial charge is 0.462 e. The number of carbonyl (C=O) groups is 3. The Labute approximate surface area is 150 Å². The molecule has 1 heterocycles. The maximum Gasteiger partial charge on any atom is 0.340 e. The predicted octanol–water partition coefficient (Wildman–Crippen LogP) is 3.01. The quantitative estimate of drug-likeness (QED) is 0.451. The molecule has 2 N–H and O–H groups in total. The van der Waals surface area contributed by atoms with Crippen LogP contribution in [0, 0.1) is 12.7 Å². The summed E-state index contributed by atoms with van der Waals surface area (Å²) in [6.07, 6.45) is 0.664.